The van der Waals surface area contributed by atoms with E-state index in [1.54, 1.807) is 0 Å². The lowest BCUT2D eigenvalue weighted by atomic mass is 10.2. The maximum absolute atomic E-state index is 11.6. The van der Waals surface area contributed by atoms with Crippen LogP contribution in [0.5, 0.6) is 0 Å². The maximum atomic E-state index is 11.6. The van der Waals surface area contributed by atoms with Crippen LogP contribution in [-0.4, -0.2) is 17.6 Å². The molecule has 0 aliphatic heterocycles. The van der Waals surface area contributed by atoms with Crippen LogP contribution in [0.4, 0.5) is 0 Å². The number of nitrogens with one attached hydrogen (secondary N) is 1. The van der Waals surface area contributed by atoms with Crippen molar-refractivity contribution >= 4 is 16.8 Å². The van der Waals surface area contributed by atoms with E-state index in [4.69, 9.17) is 4.52 Å². The average Bonchev–Trinajstić information content (AvgIpc) is 2.69. The van der Waals surface area contributed by atoms with Gasteiger partial charge >= 0.3 is 0 Å². The van der Waals surface area contributed by atoms with Crippen LogP contribution in [0.3, 0.4) is 0 Å². The minimum atomic E-state index is -0.203. The van der Waals surface area contributed by atoms with Gasteiger partial charge in [0, 0.05) is 6.54 Å². The molecule has 0 bridgehead atoms. The van der Waals surface area contributed by atoms with Crippen molar-refractivity contribution in [2.75, 3.05) is 6.54 Å². The highest BCUT2D eigenvalue weighted by Gasteiger charge is 2.14. The molecule has 0 spiro atoms. The van der Waals surface area contributed by atoms with E-state index in [9.17, 15) is 4.79 Å². The molecule has 1 aromatic carbocycles. The summed E-state index contributed by atoms with van der Waals surface area (Å²) in [5.41, 5.74) is 0.708. The number of carbonyl (C=O) groups excluding carboxylic acids is 1. The van der Waals surface area contributed by atoms with Crippen molar-refractivity contribution in [1.82, 2.24) is 10.5 Å². The smallest absolute Gasteiger partial charge is 0.290 e. The number of hydrogen-bond acceptors (Lipinski definition) is 3. The van der Waals surface area contributed by atoms with E-state index in [1.165, 1.54) is 0 Å². The van der Waals surface area contributed by atoms with Crippen molar-refractivity contribution in [1.29, 1.82) is 0 Å². The third-order valence-corrected chi connectivity index (χ3v) is 2.13. The zero-order valence-corrected chi connectivity index (χ0v) is 8.49. The first-order valence-corrected chi connectivity index (χ1v) is 4.95. The molecule has 0 radical (unpaired) electrons. The topological polar surface area (TPSA) is 55.1 Å². The van der Waals surface area contributed by atoms with Crippen molar-refractivity contribution < 1.29 is 9.32 Å². The lowest BCUT2D eigenvalue weighted by Crippen LogP contribution is -2.23. The number of carbonyl (C=O) groups is 1. The van der Waals surface area contributed by atoms with Crippen LogP contribution in [-0.2, 0) is 0 Å². The number of hydrogen-bond donors (Lipinski definition) is 1. The molecule has 0 saturated carbocycles. The lowest BCUT2D eigenvalue weighted by Gasteiger charge is -1.98. The van der Waals surface area contributed by atoms with E-state index in [-0.39, 0.29) is 5.91 Å². The van der Waals surface area contributed by atoms with Gasteiger partial charge in [0.1, 0.15) is 5.52 Å². The molecule has 0 unspecified atom stereocenters. The molecule has 4 heteroatoms. The van der Waals surface area contributed by atoms with Crippen LogP contribution in [0.25, 0.3) is 10.9 Å². The molecule has 1 N–H and O–H groups in total. The summed E-state index contributed by atoms with van der Waals surface area (Å²) in [6.45, 7) is 2.65. The van der Waals surface area contributed by atoms with Gasteiger partial charge in [-0.1, -0.05) is 24.2 Å². The van der Waals surface area contributed by atoms with Crippen molar-refractivity contribution in [3.8, 4) is 0 Å². The molecule has 0 fully saturated rings. The highest BCUT2D eigenvalue weighted by atomic mass is 16.5. The molecule has 15 heavy (non-hydrogen) atoms. The monoisotopic (exact) mass is 204 g/mol. The molecular weight excluding hydrogens is 192 g/mol. The molecule has 0 saturated heterocycles. The van der Waals surface area contributed by atoms with E-state index < -0.39 is 0 Å². The Bertz CT molecular complexity index is 476. The molecule has 1 heterocycles. The molecule has 2 aromatic rings. The second kappa shape index (κ2) is 4.13. The molecule has 0 aliphatic carbocycles. The van der Waals surface area contributed by atoms with Crippen LogP contribution >= 0.6 is 0 Å². The largest absolute Gasteiger partial charge is 0.350 e. The van der Waals surface area contributed by atoms with Crippen molar-refractivity contribution in [3.63, 3.8) is 0 Å². The number of benzene rings is 1. The summed E-state index contributed by atoms with van der Waals surface area (Å²) in [4.78, 5) is 11.6. The first kappa shape index (κ1) is 9.71. The van der Waals surface area contributed by atoms with Crippen molar-refractivity contribution in [2.24, 2.45) is 0 Å². The fraction of sp³-hybridized carbons (Fsp3) is 0.273. The lowest BCUT2D eigenvalue weighted by molar-refractivity contribution is 0.0919. The average molecular weight is 204 g/mol. The van der Waals surface area contributed by atoms with Crippen LogP contribution in [0, 0.1) is 0 Å². The van der Waals surface area contributed by atoms with E-state index in [2.05, 4.69) is 10.5 Å². The molecule has 78 valence electrons. The number of fused-ring (bicyclic) bond motifs is 1. The first-order chi connectivity index (χ1) is 7.33. The Hall–Kier alpha value is -1.84. The maximum Gasteiger partial charge on any atom is 0.290 e. The quantitative estimate of drug-likeness (QED) is 0.831. The van der Waals surface area contributed by atoms with Gasteiger partial charge in [-0.05, 0) is 18.6 Å². The predicted molar refractivity (Wildman–Crippen MR) is 56.6 cm³/mol. The van der Waals surface area contributed by atoms with Gasteiger partial charge in [0.25, 0.3) is 5.91 Å². The fourth-order valence-electron chi connectivity index (χ4n) is 1.37. The van der Waals surface area contributed by atoms with Crippen molar-refractivity contribution in [2.45, 2.75) is 13.3 Å². The number of amides is 1. The Labute approximate surface area is 87.2 Å². The minimum Gasteiger partial charge on any atom is -0.350 e. The Balaban J connectivity index is 2.31. The first-order valence-electron chi connectivity index (χ1n) is 4.95. The Kier molecular flexibility index (Phi) is 2.67. The standard InChI is InChI=1S/C11H12N2O2/c1-2-7-12-11(14)10-8-5-3-4-6-9(8)13-15-10/h3-6H,2,7H2,1H3,(H,12,14). The SMILES string of the molecule is CCCNC(=O)c1onc2ccccc12. The molecule has 0 aliphatic rings. The normalized spacial score (nSPS) is 10.5. The third kappa shape index (κ3) is 1.83. The predicted octanol–water partition coefficient (Wildman–Crippen LogP) is 1.97. The zero-order chi connectivity index (χ0) is 10.7. The van der Waals surface area contributed by atoms with E-state index in [1.807, 2.05) is 31.2 Å². The van der Waals surface area contributed by atoms with E-state index >= 15 is 0 Å². The zero-order valence-electron chi connectivity index (χ0n) is 8.49. The number of aromatic nitrogens is 1. The minimum absolute atomic E-state index is 0.203. The van der Waals surface area contributed by atoms with Gasteiger partial charge in [-0.3, -0.25) is 4.79 Å². The number of rotatable bonds is 3. The second-order valence-corrected chi connectivity index (χ2v) is 3.28. The van der Waals surface area contributed by atoms with Gasteiger partial charge in [0.2, 0.25) is 5.76 Å². The third-order valence-electron chi connectivity index (χ3n) is 2.13. The van der Waals surface area contributed by atoms with E-state index in [0.717, 1.165) is 11.8 Å². The molecule has 1 aromatic heterocycles. The second-order valence-electron chi connectivity index (χ2n) is 3.28. The number of nitrogens with zero attached hydrogens (tertiary/aromatic N) is 1. The highest BCUT2D eigenvalue weighted by molar-refractivity contribution is 6.03. The summed E-state index contributed by atoms with van der Waals surface area (Å²) in [6.07, 6.45) is 0.901. The molecule has 0 atom stereocenters. The Morgan fingerprint density at radius 1 is 1.47 bits per heavy atom. The van der Waals surface area contributed by atoms with Crippen LogP contribution in [0.2, 0.25) is 0 Å². The van der Waals surface area contributed by atoms with Gasteiger partial charge in [-0.15, -0.1) is 0 Å². The summed E-state index contributed by atoms with van der Waals surface area (Å²) in [6, 6.07) is 7.36. The van der Waals surface area contributed by atoms with Crippen LogP contribution < -0.4 is 5.32 Å². The van der Waals surface area contributed by atoms with Crippen molar-refractivity contribution in [3.05, 3.63) is 30.0 Å². The summed E-state index contributed by atoms with van der Waals surface area (Å²) in [5, 5.41) is 7.32. The van der Waals surface area contributed by atoms with Gasteiger partial charge in [-0.2, -0.15) is 0 Å². The van der Waals surface area contributed by atoms with Gasteiger partial charge in [-0.25, -0.2) is 0 Å². The van der Waals surface area contributed by atoms with Crippen LogP contribution in [0.15, 0.2) is 28.8 Å². The summed E-state index contributed by atoms with van der Waals surface area (Å²) >= 11 is 0. The summed E-state index contributed by atoms with van der Waals surface area (Å²) < 4.78 is 5.01. The fourth-order valence-corrected chi connectivity index (χ4v) is 1.37. The molecular formula is C11H12N2O2. The van der Waals surface area contributed by atoms with Gasteiger partial charge < -0.3 is 9.84 Å². The Morgan fingerprint density at radius 2 is 2.27 bits per heavy atom. The summed E-state index contributed by atoms with van der Waals surface area (Å²) in [5.74, 6) is 0.0876. The molecule has 2 rings (SSSR count). The van der Waals surface area contributed by atoms with E-state index in [0.29, 0.717) is 17.8 Å². The summed E-state index contributed by atoms with van der Waals surface area (Å²) in [7, 11) is 0. The molecule has 4 nitrogen and oxygen atoms in total. The van der Waals surface area contributed by atoms with Gasteiger partial charge in [0.15, 0.2) is 0 Å². The van der Waals surface area contributed by atoms with Crippen LogP contribution in [0.1, 0.15) is 23.9 Å². The van der Waals surface area contributed by atoms with Gasteiger partial charge in [0.05, 0.1) is 5.39 Å². The molecule has 1 amide bonds. The highest BCUT2D eigenvalue weighted by Crippen LogP contribution is 2.17. The Morgan fingerprint density at radius 3 is 3.07 bits per heavy atom.